The molecule has 1 aromatic heterocycles. The lowest BCUT2D eigenvalue weighted by Crippen LogP contribution is -2.48. The minimum Gasteiger partial charge on any atom is -0.473 e. The zero-order valence-corrected chi connectivity index (χ0v) is 13.0. The van der Waals surface area contributed by atoms with Gasteiger partial charge in [0.2, 0.25) is 0 Å². The molecular weight excluding hydrogens is 286 g/mol. The Balaban J connectivity index is 0.000000346. The van der Waals surface area contributed by atoms with Crippen molar-refractivity contribution in [2.75, 3.05) is 26.2 Å². The van der Waals surface area contributed by atoms with E-state index in [1.807, 2.05) is 12.4 Å². The van der Waals surface area contributed by atoms with Crippen molar-refractivity contribution in [3.63, 3.8) is 0 Å². The van der Waals surface area contributed by atoms with E-state index in [1.165, 1.54) is 31.7 Å². The normalized spacial score (nSPS) is 16.0. The summed E-state index contributed by atoms with van der Waals surface area (Å²) in [7, 11) is 0. The van der Waals surface area contributed by atoms with Crippen LogP contribution < -0.4 is 0 Å². The smallest absolute Gasteiger partial charge is 0.414 e. The predicted molar refractivity (Wildman–Crippen MR) is 81.5 cm³/mol. The van der Waals surface area contributed by atoms with E-state index in [0.29, 0.717) is 6.04 Å². The highest BCUT2D eigenvalue weighted by Gasteiger charge is 2.18. The maximum atomic E-state index is 9.10. The molecule has 0 aromatic carbocycles. The average molecular weight is 309 g/mol. The monoisotopic (exact) mass is 309 g/mol. The van der Waals surface area contributed by atoms with Crippen LogP contribution >= 0.6 is 0 Å². The van der Waals surface area contributed by atoms with Gasteiger partial charge in [0.1, 0.15) is 0 Å². The molecule has 0 radical (unpaired) electrons. The van der Waals surface area contributed by atoms with Crippen LogP contribution in [0, 0.1) is 0 Å². The van der Waals surface area contributed by atoms with Crippen LogP contribution in [0.25, 0.3) is 0 Å². The number of carboxylic acid groups (broad SMARTS) is 2. The highest BCUT2D eigenvalue weighted by Crippen LogP contribution is 2.09. The number of piperazine rings is 1. The van der Waals surface area contributed by atoms with Gasteiger partial charge in [-0.3, -0.25) is 14.8 Å². The van der Waals surface area contributed by atoms with Gasteiger partial charge < -0.3 is 10.2 Å². The number of hydrogen-bond acceptors (Lipinski definition) is 5. The fraction of sp³-hybridized carbons (Fsp3) is 0.533. The Hall–Kier alpha value is -1.99. The number of carbonyl (C=O) groups is 2. The van der Waals surface area contributed by atoms with E-state index in [9.17, 15) is 0 Å². The van der Waals surface area contributed by atoms with Crippen molar-refractivity contribution in [3.8, 4) is 0 Å². The average Bonchev–Trinajstić information content (AvgIpc) is 2.49. The minimum absolute atomic E-state index is 0.683. The lowest BCUT2D eigenvalue weighted by Gasteiger charge is -2.36. The Morgan fingerprint density at radius 1 is 1.09 bits per heavy atom. The first kappa shape index (κ1) is 18.1. The van der Waals surface area contributed by atoms with Gasteiger partial charge in [0.25, 0.3) is 0 Å². The van der Waals surface area contributed by atoms with Crippen molar-refractivity contribution >= 4 is 11.9 Å². The third-order valence-corrected chi connectivity index (χ3v) is 3.48. The summed E-state index contributed by atoms with van der Waals surface area (Å²) >= 11 is 0. The summed E-state index contributed by atoms with van der Waals surface area (Å²) in [6.45, 7) is 10.4. The van der Waals surface area contributed by atoms with Crippen LogP contribution in [0.3, 0.4) is 0 Å². The molecule has 7 heteroatoms. The number of pyridine rings is 1. The van der Waals surface area contributed by atoms with E-state index in [1.54, 1.807) is 0 Å². The van der Waals surface area contributed by atoms with E-state index >= 15 is 0 Å². The van der Waals surface area contributed by atoms with E-state index < -0.39 is 11.9 Å². The molecule has 2 heterocycles. The Kier molecular flexibility index (Phi) is 7.48. The van der Waals surface area contributed by atoms with Gasteiger partial charge in [0.05, 0.1) is 0 Å². The van der Waals surface area contributed by atoms with Crippen molar-refractivity contribution in [3.05, 3.63) is 30.1 Å². The van der Waals surface area contributed by atoms with Crippen LogP contribution in [0.2, 0.25) is 0 Å². The molecule has 2 N–H and O–H groups in total. The SMILES string of the molecule is CC(C)N1CCN(Cc2ccncc2)CC1.O=C(O)C(=O)O. The number of hydrogen-bond donors (Lipinski definition) is 2. The number of aliphatic carboxylic acids is 2. The van der Waals surface area contributed by atoms with Crippen LogP contribution in [0.4, 0.5) is 0 Å². The molecule has 1 aliphatic rings. The number of rotatable bonds is 3. The molecular formula is C15H23N3O4. The van der Waals surface area contributed by atoms with Gasteiger partial charge in [0.15, 0.2) is 0 Å². The molecule has 1 aromatic rings. The lowest BCUT2D eigenvalue weighted by molar-refractivity contribution is -0.159. The molecule has 1 fully saturated rings. The molecule has 22 heavy (non-hydrogen) atoms. The van der Waals surface area contributed by atoms with Gasteiger partial charge in [-0.15, -0.1) is 0 Å². The van der Waals surface area contributed by atoms with Crippen molar-refractivity contribution in [2.24, 2.45) is 0 Å². The van der Waals surface area contributed by atoms with E-state index in [-0.39, 0.29) is 0 Å². The van der Waals surface area contributed by atoms with Gasteiger partial charge in [-0.25, -0.2) is 9.59 Å². The second-order valence-electron chi connectivity index (χ2n) is 5.37. The third kappa shape index (κ3) is 6.64. The Labute approximate surface area is 130 Å². The standard InChI is InChI=1S/C13H21N3.C2H2O4/c1-12(2)16-9-7-15(8-10-16)11-13-3-5-14-6-4-13;3-1(4)2(5)6/h3-6,12H,7-11H2,1-2H3;(H,3,4)(H,5,6). The number of nitrogens with zero attached hydrogens (tertiary/aromatic N) is 3. The Morgan fingerprint density at radius 3 is 2.00 bits per heavy atom. The van der Waals surface area contributed by atoms with Crippen LogP contribution in [0.5, 0.6) is 0 Å². The quantitative estimate of drug-likeness (QED) is 0.796. The highest BCUT2D eigenvalue weighted by molar-refractivity contribution is 6.27. The summed E-state index contributed by atoms with van der Waals surface area (Å²) in [5.74, 6) is -3.65. The zero-order chi connectivity index (χ0) is 16.5. The largest absolute Gasteiger partial charge is 0.473 e. The summed E-state index contributed by atoms with van der Waals surface area (Å²) in [4.78, 5) is 27.3. The second-order valence-corrected chi connectivity index (χ2v) is 5.37. The molecule has 0 spiro atoms. The first-order chi connectivity index (χ1) is 10.4. The van der Waals surface area contributed by atoms with Crippen molar-refractivity contribution in [2.45, 2.75) is 26.4 Å². The van der Waals surface area contributed by atoms with Crippen molar-refractivity contribution in [1.82, 2.24) is 14.8 Å². The Bertz CT molecular complexity index is 459. The van der Waals surface area contributed by atoms with Crippen LogP contribution in [0.1, 0.15) is 19.4 Å². The van der Waals surface area contributed by atoms with Gasteiger partial charge >= 0.3 is 11.9 Å². The minimum atomic E-state index is -1.82. The fourth-order valence-corrected chi connectivity index (χ4v) is 2.18. The number of carboxylic acids is 2. The summed E-state index contributed by atoms with van der Waals surface area (Å²) in [5.41, 5.74) is 1.37. The van der Waals surface area contributed by atoms with Gasteiger partial charge in [-0.2, -0.15) is 0 Å². The van der Waals surface area contributed by atoms with Crippen molar-refractivity contribution in [1.29, 1.82) is 0 Å². The molecule has 0 amide bonds. The van der Waals surface area contributed by atoms with Crippen LogP contribution in [0.15, 0.2) is 24.5 Å². The second kappa shape index (κ2) is 9.11. The highest BCUT2D eigenvalue weighted by atomic mass is 16.4. The Morgan fingerprint density at radius 2 is 1.59 bits per heavy atom. The topological polar surface area (TPSA) is 94.0 Å². The van der Waals surface area contributed by atoms with Crippen molar-refractivity contribution < 1.29 is 19.8 Å². The molecule has 0 unspecified atom stereocenters. The predicted octanol–water partition coefficient (Wildman–Crippen LogP) is 0.763. The molecule has 2 rings (SSSR count). The summed E-state index contributed by atoms with van der Waals surface area (Å²) in [6, 6.07) is 4.90. The summed E-state index contributed by atoms with van der Waals surface area (Å²) in [6.07, 6.45) is 3.75. The third-order valence-electron chi connectivity index (χ3n) is 3.48. The molecule has 0 atom stereocenters. The first-order valence-electron chi connectivity index (χ1n) is 7.21. The van der Waals surface area contributed by atoms with E-state index in [4.69, 9.17) is 19.8 Å². The maximum absolute atomic E-state index is 9.10. The summed E-state index contributed by atoms with van der Waals surface area (Å²) < 4.78 is 0. The summed E-state index contributed by atoms with van der Waals surface area (Å²) in [5, 5.41) is 14.8. The lowest BCUT2D eigenvalue weighted by atomic mass is 10.2. The van der Waals surface area contributed by atoms with Crippen LogP contribution in [-0.4, -0.2) is 69.2 Å². The van der Waals surface area contributed by atoms with Gasteiger partial charge in [-0.05, 0) is 31.5 Å². The molecule has 1 aliphatic heterocycles. The molecule has 0 aliphatic carbocycles. The molecule has 1 saturated heterocycles. The molecule has 0 saturated carbocycles. The molecule has 0 bridgehead atoms. The number of aromatic nitrogens is 1. The van der Waals surface area contributed by atoms with Gasteiger partial charge in [-0.1, -0.05) is 0 Å². The zero-order valence-electron chi connectivity index (χ0n) is 13.0. The van der Waals surface area contributed by atoms with E-state index in [0.717, 1.165) is 6.54 Å². The van der Waals surface area contributed by atoms with Gasteiger partial charge in [0, 0.05) is 51.2 Å². The molecule has 122 valence electrons. The maximum Gasteiger partial charge on any atom is 0.414 e. The first-order valence-corrected chi connectivity index (χ1v) is 7.21. The van der Waals surface area contributed by atoms with Crippen LogP contribution in [-0.2, 0) is 16.1 Å². The fourth-order valence-electron chi connectivity index (χ4n) is 2.18. The van der Waals surface area contributed by atoms with E-state index in [2.05, 4.69) is 40.8 Å². The molecule has 7 nitrogen and oxygen atoms in total.